The van der Waals surface area contributed by atoms with Crippen molar-refractivity contribution in [2.75, 3.05) is 33.3 Å². The lowest BCUT2D eigenvalue weighted by Crippen LogP contribution is -2.49. The van der Waals surface area contributed by atoms with Crippen LogP contribution in [0.5, 0.6) is 0 Å². The molecule has 1 amide bonds. The smallest absolute Gasteiger partial charge is 0.410 e. The number of piperidine rings is 1. The molecule has 0 N–H and O–H groups in total. The quantitative estimate of drug-likeness (QED) is 0.714. The van der Waals surface area contributed by atoms with Crippen molar-refractivity contribution in [2.45, 2.75) is 51.7 Å². The average molecular weight is 376 g/mol. The second-order valence-electron chi connectivity index (χ2n) is 7.98. The molecule has 0 radical (unpaired) electrons. The zero-order valence-corrected chi connectivity index (χ0v) is 16.9. The molecular formula is C21H32N2O4. The number of hydrogen-bond acceptors (Lipinski definition) is 5. The van der Waals surface area contributed by atoms with Crippen LogP contribution in [0, 0.1) is 0 Å². The molecule has 1 saturated heterocycles. The van der Waals surface area contributed by atoms with E-state index >= 15 is 0 Å². The highest BCUT2D eigenvalue weighted by atomic mass is 16.6. The summed E-state index contributed by atoms with van der Waals surface area (Å²) in [5.41, 5.74) is 0.763. The Bertz CT molecular complexity index is 604. The van der Waals surface area contributed by atoms with Gasteiger partial charge >= 0.3 is 12.1 Å². The molecule has 0 atom stereocenters. The number of ether oxygens (including phenoxy) is 2. The predicted molar refractivity (Wildman–Crippen MR) is 105 cm³/mol. The third-order valence-corrected chi connectivity index (χ3v) is 4.72. The zero-order valence-electron chi connectivity index (χ0n) is 16.9. The lowest BCUT2D eigenvalue weighted by Gasteiger charge is -2.38. The SMILES string of the molecule is COC(=O)CN(CCc1ccccc1)C1CCN(C(=O)OC(C)(C)C)CC1. The molecule has 0 unspecified atom stereocenters. The van der Waals surface area contributed by atoms with Gasteiger partial charge in [-0.2, -0.15) is 0 Å². The molecule has 0 bridgehead atoms. The Morgan fingerprint density at radius 2 is 1.78 bits per heavy atom. The molecule has 6 heteroatoms. The fourth-order valence-corrected chi connectivity index (χ4v) is 3.28. The molecular weight excluding hydrogens is 344 g/mol. The van der Waals surface area contributed by atoms with Crippen LogP contribution < -0.4 is 0 Å². The predicted octanol–water partition coefficient (Wildman–Crippen LogP) is 3.10. The van der Waals surface area contributed by atoms with Crippen LogP contribution in [0.2, 0.25) is 0 Å². The highest BCUT2D eigenvalue weighted by Gasteiger charge is 2.30. The summed E-state index contributed by atoms with van der Waals surface area (Å²) in [6.45, 7) is 7.97. The number of likely N-dealkylation sites (tertiary alicyclic amines) is 1. The molecule has 27 heavy (non-hydrogen) atoms. The van der Waals surface area contributed by atoms with Crippen molar-refractivity contribution in [1.82, 2.24) is 9.80 Å². The van der Waals surface area contributed by atoms with Gasteiger partial charge in [0, 0.05) is 25.7 Å². The lowest BCUT2D eigenvalue weighted by atomic mass is 10.0. The van der Waals surface area contributed by atoms with Crippen LogP contribution in [-0.2, 0) is 20.7 Å². The second kappa shape index (κ2) is 9.74. The first kappa shape index (κ1) is 21.2. The van der Waals surface area contributed by atoms with Gasteiger partial charge in [0.2, 0.25) is 0 Å². The molecule has 0 spiro atoms. The first-order chi connectivity index (χ1) is 12.8. The summed E-state index contributed by atoms with van der Waals surface area (Å²) < 4.78 is 10.3. The van der Waals surface area contributed by atoms with Gasteiger partial charge in [0.25, 0.3) is 0 Å². The summed E-state index contributed by atoms with van der Waals surface area (Å²) in [6.07, 6.45) is 2.27. The van der Waals surface area contributed by atoms with Crippen LogP contribution >= 0.6 is 0 Å². The number of esters is 1. The third-order valence-electron chi connectivity index (χ3n) is 4.72. The van der Waals surface area contributed by atoms with E-state index in [4.69, 9.17) is 9.47 Å². The van der Waals surface area contributed by atoms with Gasteiger partial charge in [-0.25, -0.2) is 4.79 Å². The lowest BCUT2D eigenvalue weighted by molar-refractivity contribution is -0.142. The van der Waals surface area contributed by atoms with E-state index in [1.54, 1.807) is 4.90 Å². The van der Waals surface area contributed by atoms with Crippen molar-refractivity contribution >= 4 is 12.1 Å². The van der Waals surface area contributed by atoms with Crippen molar-refractivity contribution < 1.29 is 19.1 Å². The number of carbonyl (C=O) groups is 2. The Morgan fingerprint density at radius 3 is 2.33 bits per heavy atom. The van der Waals surface area contributed by atoms with Crippen LogP contribution in [-0.4, -0.2) is 66.8 Å². The first-order valence-corrected chi connectivity index (χ1v) is 9.61. The van der Waals surface area contributed by atoms with Crippen molar-refractivity contribution in [3.8, 4) is 0 Å². The molecule has 1 aromatic rings. The highest BCUT2D eigenvalue weighted by Crippen LogP contribution is 2.20. The van der Waals surface area contributed by atoms with Crippen LogP contribution in [0.3, 0.4) is 0 Å². The van der Waals surface area contributed by atoms with Crippen molar-refractivity contribution in [2.24, 2.45) is 0 Å². The molecule has 0 aromatic heterocycles. The van der Waals surface area contributed by atoms with Crippen LogP contribution in [0.15, 0.2) is 30.3 Å². The van der Waals surface area contributed by atoms with E-state index in [1.165, 1.54) is 12.7 Å². The van der Waals surface area contributed by atoms with E-state index in [1.807, 2.05) is 39.0 Å². The number of hydrogen-bond donors (Lipinski definition) is 0. The summed E-state index contributed by atoms with van der Waals surface area (Å²) in [4.78, 5) is 28.0. The normalized spacial score (nSPS) is 15.7. The molecule has 0 aliphatic carbocycles. The molecule has 1 aliphatic rings. The number of benzene rings is 1. The van der Waals surface area contributed by atoms with E-state index < -0.39 is 5.60 Å². The largest absolute Gasteiger partial charge is 0.468 e. The summed E-state index contributed by atoms with van der Waals surface area (Å²) >= 11 is 0. The molecule has 2 rings (SSSR count). The van der Waals surface area contributed by atoms with Crippen molar-refractivity contribution in [3.05, 3.63) is 35.9 Å². The molecule has 1 aliphatic heterocycles. The van der Waals surface area contributed by atoms with Gasteiger partial charge in [-0.15, -0.1) is 0 Å². The van der Waals surface area contributed by atoms with E-state index in [0.29, 0.717) is 13.1 Å². The Balaban J connectivity index is 1.92. The maximum Gasteiger partial charge on any atom is 0.410 e. The number of amides is 1. The standard InChI is InChI=1S/C21H32N2O4/c1-21(2,3)27-20(25)22-14-11-18(12-15-22)23(16-19(24)26-4)13-10-17-8-6-5-7-9-17/h5-9,18H,10-16H2,1-4H3. The Labute approximate surface area is 162 Å². The van der Waals surface area contributed by atoms with Crippen molar-refractivity contribution in [3.63, 3.8) is 0 Å². The number of carbonyl (C=O) groups excluding carboxylic acids is 2. The number of nitrogens with zero attached hydrogens (tertiary/aromatic N) is 2. The Hall–Kier alpha value is -2.08. The molecule has 150 valence electrons. The van der Waals surface area contributed by atoms with Crippen molar-refractivity contribution in [1.29, 1.82) is 0 Å². The van der Waals surface area contributed by atoms with Gasteiger partial charge in [-0.05, 0) is 45.6 Å². The van der Waals surface area contributed by atoms with Crippen LogP contribution in [0.1, 0.15) is 39.2 Å². The summed E-state index contributed by atoms with van der Waals surface area (Å²) in [5, 5.41) is 0. The molecule has 6 nitrogen and oxygen atoms in total. The highest BCUT2D eigenvalue weighted by molar-refractivity contribution is 5.71. The second-order valence-corrected chi connectivity index (χ2v) is 7.98. The molecule has 1 heterocycles. The van der Waals surface area contributed by atoms with Crippen LogP contribution in [0.4, 0.5) is 4.79 Å². The number of rotatable bonds is 6. The first-order valence-electron chi connectivity index (χ1n) is 9.61. The minimum Gasteiger partial charge on any atom is -0.468 e. The summed E-state index contributed by atoms with van der Waals surface area (Å²) in [6, 6.07) is 10.5. The van der Waals surface area contributed by atoms with Gasteiger partial charge in [0.15, 0.2) is 0 Å². The Kier molecular flexibility index (Phi) is 7.66. The van der Waals surface area contributed by atoms with Gasteiger partial charge in [-0.1, -0.05) is 30.3 Å². The molecule has 1 aromatic carbocycles. The van der Waals surface area contributed by atoms with E-state index in [2.05, 4.69) is 17.0 Å². The maximum absolute atomic E-state index is 12.2. The fourth-order valence-electron chi connectivity index (χ4n) is 3.28. The average Bonchev–Trinajstić information content (AvgIpc) is 2.64. The number of methoxy groups -OCH3 is 1. The maximum atomic E-state index is 12.2. The third kappa shape index (κ3) is 7.21. The van der Waals surface area contributed by atoms with Gasteiger partial charge < -0.3 is 14.4 Å². The minimum atomic E-state index is -0.486. The Morgan fingerprint density at radius 1 is 1.15 bits per heavy atom. The van der Waals surface area contributed by atoms with Gasteiger partial charge in [-0.3, -0.25) is 9.69 Å². The topological polar surface area (TPSA) is 59.1 Å². The minimum absolute atomic E-state index is 0.224. The summed E-state index contributed by atoms with van der Waals surface area (Å²) in [5.74, 6) is -0.224. The van der Waals surface area contributed by atoms with Crippen LogP contribution in [0.25, 0.3) is 0 Å². The van der Waals surface area contributed by atoms with Gasteiger partial charge in [0.1, 0.15) is 5.60 Å². The van der Waals surface area contributed by atoms with E-state index in [9.17, 15) is 9.59 Å². The van der Waals surface area contributed by atoms with E-state index in [-0.39, 0.29) is 24.6 Å². The fraction of sp³-hybridized carbons (Fsp3) is 0.619. The molecule has 1 fully saturated rings. The zero-order chi connectivity index (χ0) is 19.9. The van der Waals surface area contributed by atoms with Gasteiger partial charge in [0.05, 0.1) is 13.7 Å². The summed E-state index contributed by atoms with van der Waals surface area (Å²) in [7, 11) is 1.42. The molecule has 0 saturated carbocycles. The monoisotopic (exact) mass is 376 g/mol. The van der Waals surface area contributed by atoms with E-state index in [0.717, 1.165) is 25.8 Å².